The molecule has 0 aliphatic heterocycles. The van der Waals surface area contributed by atoms with Crippen LogP contribution in [0.25, 0.3) is 0 Å². The summed E-state index contributed by atoms with van der Waals surface area (Å²) in [6.45, 7) is 8.02. The summed E-state index contributed by atoms with van der Waals surface area (Å²) in [6, 6.07) is 4.89. The molecule has 1 amide bonds. The van der Waals surface area contributed by atoms with Crippen LogP contribution >= 0.6 is 0 Å². The van der Waals surface area contributed by atoms with Gasteiger partial charge in [-0.25, -0.2) is 0 Å². The zero-order chi connectivity index (χ0) is 16.5. The average molecular weight is 309 g/mol. The number of rotatable bonds is 8. The molecule has 6 nitrogen and oxygen atoms in total. The van der Waals surface area contributed by atoms with Gasteiger partial charge >= 0.3 is 5.97 Å². The molecule has 1 aromatic carbocycles. The Morgan fingerprint density at radius 1 is 1.09 bits per heavy atom. The molecule has 6 heteroatoms. The third kappa shape index (κ3) is 5.63. The molecule has 0 radical (unpaired) electrons. The van der Waals surface area contributed by atoms with Gasteiger partial charge in [-0.05, 0) is 45.9 Å². The molecule has 0 aromatic heterocycles. The Hall–Kier alpha value is -2.24. The maximum Gasteiger partial charge on any atom is 0.325 e. The van der Waals surface area contributed by atoms with Crippen LogP contribution in [-0.2, 0) is 9.53 Å². The molecule has 0 aliphatic rings. The van der Waals surface area contributed by atoms with E-state index >= 15 is 0 Å². The smallest absolute Gasteiger partial charge is 0.325 e. The van der Waals surface area contributed by atoms with Crippen LogP contribution in [0.3, 0.4) is 0 Å². The Bertz CT molecular complexity index is 513. The topological polar surface area (TPSA) is 73.9 Å². The zero-order valence-electron chi connectivity index (χ0n) is 13.5. The van der Waals surface area contributed by atoms with Gasteiger partial charge in [0.15, 0.2) is 11.5 Å². The van der Waals surface area contributed by atoms with Crippen molar-refractivity contribution in [2.75, 3.05) is 19.8 Å². The third-order valence-corrected chi connectivity index (χ3v) is 2.57. The highest BCUT2D eigenvalue weighted by molar-refractivity contribution is 5.96. The largest absolute Gasteiger partial charge is 0.490 e. The van der Waals surface area contributed by atoms with E-state index in [2.05, 4.69) is 5.32 Å². The van der Waals surface area contributed by atoms with Crippen molar-refractivity contribution < 1.29 is 23.8 Å². The van der Waals surface area contributed by atoms with Crippen LogP contribution in [0.5, 0.6) is 11.5 Å². The molecular formula is C16H23NO5. The number of hydrogen-bond acceptors (Lipinski definition) is 5. The highest BCUT2D eigenvalue weighted by Gasteiger charge is 2.13. The summed E-state index contributed by atoms with van der Waals surface area (Å²) in [5, 5.41) is 2.52. The van der Waals surface area contributed by atoms with Gasteiger partial charge in [0.1, 0.15) is 6.54 Å². The first-order valence-corrected chi connectivity index (χ1v) is 7.35. The molecule has 0 aliphatic carbocycles. The molecule has 0 saturated carbocycles. The quantitative estimate of drug-likeness (QED) is 0.745. The summed E-state index contributed by atoms with van der Waals surface area (Å²) in [4.78, 5) is 23.5. The molecule has 1 rings (SSSR count). The highest BCUT2D eigenvalue weighted by atomic mass is 16.5. The number of esters is 1. The molecule has 1 aromatic rings. The van der Waals surface area contributed by atoms with Crippen molar-refractivity contribution in [3.05, 3.63) is 23.8 Å². The van der Waals surface area contributed by atoms with Crippen molar-refractivity contribution in [1.29, 1.82) is 0 Å². The van der Waals surface area contributed by atoms with Crippen molar-refractivity contribution in [2.45, 2.75) is 33.8 Å². The van der Waals surface area contributed by atoms with Crippen LogP contribution in [0.1, 0.15) is 38.1 Å². The fourth-order valence-electron chi connectivity index (χ4n) is 1.75. The molecule has 0 heterocycles. The van der Waals surface area contributed by atoms with Crippen molar-refractivity contribution in [2.24, 2.45) is 0 Å². The van der Waals surface area contributed by atoms with Gasteiger partial charge in [-0.15, -0.1) is 0 Å². The normalized spacial score (nSPS) is 10.2. The standard InChI is InChI=1S/C16H23NO5/c1-5-20-13-8-7-12(9-14(13)21-6-2)16(19)17-10-15(18)22-11(3)4/h7-9,11H,5-6,10H2,1-4H3,(H,17,19). The van der Waals surface area contributed by atoms with E-state index in [1.165, 1.54) is 0 Å². The van der Waals surface area contributed by atoms with Crippen molar-refractivity contribution in [3.8, 4) is 11.5 Å². The fraction of sp³-hybridized carbons (Fsp3) is 0.500. The minimum atomic E-state index is -0.473. The highest BCUT2D eigenvalue weighted by Crippen LogP contribution is 2.28. The Balaban J connectivity index is 2.72. The lowest BCUT2D eigenvalue weighted by Crippen LogP contribution is -2.31. The van der Waals surface area contributed by atoms with Gasteiger partial charge in [0.05, 0.1) is 19.3 Å². The lowest BCUT2D eigenvalue weighted by Gasteiger charge is -2.12. The number of carbonyl (C=O) groups excluding carboxylic acids is 2. The van der Waals surface area contributed by atoms with Crippen LogP contribution in [0.15, 0.2) is 18.2 Å². The van der Waals surface area contributed by atoms with Gasteiger partial charge in [-0.3, -0.25) is 9.59 Å². The predicted octanol–water partition coefficient (Wildman–Crippen LogP) is 2.17. The van der Waals surface area contributed by atoms with Crippen LogP contribution in [0.4, 0.5) is 0 Å². The lowest BCUT2D eigenvalue weighted by molar-refractivity contribution is -0.146. The van der Waals surface area contributed by atoms with Crippen molar-refractivity contribution in [1.82, 2.24) is 5.32 Å². The minimum absolute atomic E-state index is 0.172. The molecule has 0 saturated heterocycles. The maximum atomic E-state index is 12.0. The number of amides is 1. The van der Waals surface area contributed by atoms with Gasteiger partial charge in [0, 0.05) is 5.56 Å². The van der Waals surface area contributed by atoms with Gasteiger partial charge in [-0.2, -0.15) is 0 Å². The SMILES string of the molecule is CCOc1ccc(C(=O)NCC(=O)OC(C)C)cc1OCC. The Labute approximate surface area is 130 Å². The zero-order valence-corrected chi connectivity index (χ0v) is 13.5. The Morgan fingerprint density at radius 2 is 1.73 bits per heavy atom. The maximum absolute atomic E-state index is 12.0. The Kier molecular flexibility index (Phi) is 7.22. The summed E-state index contributed by atoms with van der Waals surface area (Å²) < 4.78 is 15.8. The molecule has 22 heavy (non-hydrogen) atoms. The van der Waals surface area contributed by atoms with Crippen LogP contribution in [0, 0.1) is 0 Å². The van der Waals surface area contributed by atoms with Gasteiger partial charge in [0.2, 0.25) is 0 Å². The second-order valence-electron chi connectivity index (χ2n) is 4.75. The number of carbonyl (C=O) groups is 2. The summed E-state index contributed by atoms with van der Waals surface area (Å²) in [6.07, 6.45) is -0.209. The van der Waals surface area contributed by atoms with E-state index in [9.17, 15) is 9.59 Å². The van der Waals surface area contributed by atoms with E-state index in [0.29, 0.717) is 30.3 Å². The van der Waals surface area contributed by atoms with E-state index in [1.807, 2.05) is 13.8 Å². The molecule has 0 unspecified atom stereocenters. The Morgan fingerprint density at radius 3 is 2.32 bits per heavy atom. The van der Waals surface area contributed by atoms with Gasteiger partial charge in [-0.1, -0.05) is 0 Å². The van der Waals surface area contributed by atoms with Crippen molar-refractivity contribution in [3.63, 3.8) is 0 Å². The lowest BCUT2D eigenvalue weighted by atomic mass is 10.2. The van der Waals surface area contributed by atoms with E-state index in [0.717, 1.165) is 0 Å². The number of benzene rings is 1. The van der Waals surface area contributed by atoms with Crippen LogP contribution in [0.2, 0.25) is 0 Å². The molecule has 122 valence electrons. The summed E-state index contributed by atoms with van der Waals surface area (Å²) in [5.74, 6) is 0.242. The van der Waals surface area contributed by atoms with Crippen molar-refractivity contribution >= 4 is 11.9 Å². The summed E-state index contributed by atoms with van der Waals surface area (Å²) in [7, 11) is 0. The number of ether oxygens (including phenoxy) is 3. The minimum Gasteiger partial charge on any atom is -0.490 e. The third-order valence-electron chi connectivity index (χ3n) is 2.57. The fourth-order valence-corrected chi connectivity index (χ4v) is 1.75. The van der Waals surface area contributed by atoms with Gasteiger partial charge in [0.25, 0.3) is 5.91 Å². The second-order valence-corrected chi connectivity index (χ2v) is 4.75. The molecule has 0 atom stereocenters. The van der Waals surface area contributed by atoms with Crippen LogP contribution < -0.4 is 14.8 Å². The first-order chi connectivity index (χ1) is 10.5. The second kappa shape index (κ2) is 8.92. The van der Waals surface area contributed by atoms with E-state index in [4.69, 9.17) is 14.2 Å². The summed E-state index contributed by atoms with van der Waals surface area (Å²) >= 11 is 0. The molecular weight excluding hydrogens is 286 g/mol. The molecule has 1 N–H and O–H groups in total. The first kappa shape index (κ1) is 17.8. The monoisotopic (exact) mass is 309 g/mol. The molecule has 0 spiro atoms. The predicted molar refractivity (Wildman–Crippen MR) is 82.3 cm³/mol. The average Bonchev–Trinajstić information content (AvgIpc) is 2.46. The molecule has 0 fully saturated rings. The number of nitrogens with one attached hydrogen (secondary N) is 1. The van der Waals surface area contributed by atoms with E-state index in [-0.39, 0.29) is 18.6 Å². The summed E-state index contributed by atoms with van der Waals surface area (Å²) in [5.41, 5.74) is 0.393. The first-order valence-electron chi connectivity index (χ1n) is 7.35. The van der Waals surface area contributed by atoms with Gasteiger partial charge < -0.3 is 19.5 Å². The van der Waals surface area contributed by atoms with E-state index in [1.54, 1.807) is 32.0 Å². The van der Waals surface area contributed by atoms with E-state index < -0.39 is 5.97 Å². The van der Waals surface area contributed by atoms with Crippen LogP contribution in [-0.4, -0.2) is 37.7 Å². The molecule has 0 bridgehead atoms. The number of hydrogen-bond donors (Lipinski definition) is 1.